The molecule has 2 aromatic carbocycles. The highest BCUT2D eigenvalue weighted by Gasteiger charge is 2.23. The summed E-state index contributed by atoms with van der Waals surface area (Å²) in [6.07, 6.45) is 0. The summed E-state index contributed by atoms with van der Waals surface area (Å²) < 4.78 is 12.1. The largest absolute Gasteiger partial charge is 0.495 e. The van der Waals surface area contributed by atoms with Crippen LogP contribution >= 0.6 is 23.2 Å². The van der Waals surface area contributed by atoms with Crippen LogP contribution in [-0.2, 0) is 4.79 Å². The van der Waals surface area contributed by atoms with E-state index >= 15 is 0 Å². The van der Waals surface area contributed by atoms with Crippen molar-refractivity contribution >= 4 is 46.0 Å². The van der Waals surface area contributed by atoms with Crippen molar-refractivity contribution in [2.45, 2.75) is 13.8 Å². The van der Waals surface area contributed by atoms with E-state index in [-0.39, 0.29) is 5.91 Å². The topological polar surface area (TPSA) is 57.5 Å². The summed E-state index contributed by atoms with van der Waals surface area (Å²) in [5.74, 6) is -0.0581. The summed E-state index contributed by atoms with van der Waals surface area (Å²) in [6, 6.07) is 9.80. The molecule has 0 saturated carbocycles. The highest BCUT2D eigenvalue weighted by Crippen LogP contribution is 2.39. The molecule has 0 spiro atoms. The van der Waals surface area contributed by atoms with E-state index in [1.54, 1.807) is 43.3 Å². The fourth-order valence-electron chi connectivity index (χ4n) is 2.80. The Morgan fingerprint density at radius 3 is 2.31 bits per heavy atom. The maximum atomic E-state index is 13.1. The Morgan fingerprint density at radius 2 is 1.73 bits per heavy atom. The number of benzene rings is 2. The SMILES string of the molecule is COc1cc2c(OC(C)=O)c(C)n(C(=O)c3ccc(Cl)cc3)c2cc1Cl. The van der Waals surface area contributed by atoms with Crippen LogP contribution in [0.25, 0.3) is 10.9 Å². The van der Waals surface area contributed by atoms with Crippen molar-refractivity contribution in [1.82, 2.24) is 4.57 Å². The summed E-state index contributed by atoms with van der Waals surface area (Å²) in [5.41, 5.74) is 1.44. The van der Waals surface area contributed by atoms with Crippen molar-refractivity contribution in [2.75, 3.05) is 7.11 Å². The van der Waals surface area contributed by atoms with Gasteiger partial charge in [-0.1, -0.05) is 23.2 Å². The lowest BCUT2D eigenvalue weighted by Crippen LogP contribution is -2.13. The molecule has 0 N–H and O–H groups in total. The molecule has 0 aliphatic carbocycles. The van der Waals surface area contributed by atoms with Crippen LogP contribution in [0, 0.1) is 6.92 Å². The summed E-state index contributed by atoms with van der Waals surface area (Å²) in [6.45, 7) is 3.00. The van der Waals surface area contributed by atoms with Crippen molar-refractivity contribution in [3.8, 4) is 11.5 Å². The van der Waals surface area contributed by atoms with Crippen molar-refractivity contribution < 1.29 is 19.1 Å². The van der Waals surface area contributed by atoms with Crippen LogP contribution in [-0.4, -0.2) is 23.6 Å². The third-order valence-electron chi connectivity index (χ3n) is 3.96. The highest BCUT2D eigenvalue weighted by molar-refractivity contribution is 6.33. The first kappa shape index (κ1) is 18.3. The Bertz CT molecular complexity index is 1020. The molecule has 3 rings (SSSR count). The second-order valence-corrected chi connectivity index (χ2v) is 6.50. The molecule has 7 heteroatoms. The van der Waals surface area contributed by atoms with Crippen molar-refractivity contribution in [3.05, 3.63) is 57.7 Å². The lowest BCUT2D eigenvalue weighted by atomic mass is 10.2. The molecule has 1 aromatic heterocycles. The molecule has 5 nitrogen and oxygen atoms in total. The average molecular weight is 392 g/mol. The molecule has 3 aromatic rings. The molecular formula is C19H15Cl2NO4. The summed E-state index contributed by atoms with van der Waals surface area (Å²) in [5, 5.41) is 1.43. The van der Waals surface area contributed by atoms with Crippen LogP contribution in [0.2, 0.25) is 10.0 Å². The normalized spacial score (nSPS) is 10.8. The molecule has 0 unspecified atom stereocenters. The number of aromatic nitrogens is 1. The molecule has 0 atom stereocenters. The maximum Gasteiger partial charge on any atom is 0.308 e. The average Bonchev–Trinajstić information content (AvgIpc) is 2.85. The van der Waals surface area contributed by atoms with E-state index in [1.165, 1.54) is 18.6 Å². The number of carbonyl (C=O) groups is 2. The molecule has 134 valence electrons. The van der Waals surface area contributed by atoms with Gasteiger partial charge in [0.05, 0.1) is 23.3 Å². The summed E-state index contributed by atoms with van der Waals surface area (Å²) in [7, 11) is 1.49. The van der Waals surface area contributed by atoms with Gasteiger partial charge in [-0.3, -0.25) is 14.2 Å². The third kappa shape index (κ3) is 3.16. The fraction of sp³-hybridized carbons (Fsp3) is 0.158. The highest BCUT2D eigenvalue weighted by atomic mass is 35.5. The zero-order chi connectivity index (χ0) is 19.0. The van der Waals surface area contributed by atoms with Crippen molar-refractivity contribution in [1.29, 1.82) is 0 Å². The van der Waals surface area contributed by atoms with Gasteiger partial charge in [0.25, 0.3) is 5.91 Å². The number of hydrogen-bond acceptors (Lipinski definition) is 4. The van der Waals surface area contributed by atoms with Crippen LogP contribution in [0.15, 0.2) is 36.4 Å². The van der Waals surface area contributed by atoms with E-state index < -0.39 is 5.97 Å². The van der Waals surface area contributed by atoms with Crippen LogP contribution in [0.4, 0.5) is 0 Å². The van der Waals surface area contributed by atoms with Gasteiger partial charge in [-0.15, -0.1) is 0 Å². The Balaban J connectivity index is 2.28. The van der Waals surface area contributed by atoms with Gasteiger partial charge in [0, 0.05) is 22.9 Å². The monoisotopic (exact) mass is 391 g/mol. The van der Waals surface area contributed by atoms with E-state index in [2.05, 4.69) is 0 Å². The van der Waals surface area contributed by atoms with Crippen LogP contribution < -0.4 is 9.47 Å². The van der Waals surface area contributed by atoms with Gasteiger partial charge in [-0.25, -0.2) is 0 Å². The Labute approximate surface area is 160 Å². The number of halogens is 2. The number of esters is 1. The molecule has 1 heterocycles. The zero-order valence-corrected chi connectivity index (χ0v) is 15.8. The quantitative estimate of drug-likeness (QED) is 0.597. The molecular weight excluding hydrogens is 377 g/mol. The summed E-state index contributed by atoms with van der Waals surface area (Å²) >= 11 is 12.1. The Morgan fingerprint density at radius 1 is 1.08 bits per heavy atom. The predicted molar refractivity (Wildman–Crippen MR) is 101 cm³/mol. The lowest BCUT2D eigenvalue weighted by Gasteiger charge is -2.08. The second kappa shape index (κ2) is 7.02. The minimum Gasteiger partial charge on any atom is -0.495 e. The minimum absolute atomic E-state index is 0.288. The molecule has 26 heavy (non-hydrogen) atoms. The second-order valence-electron chi connectivity index (χ2n) is 5.66. The number of ether oxygens (including phenoxy) is 2. The van der Waals surface area contributed by atoms with E-state index in [4.69, 9.17) is 32.7 Å². The van der Waals surface area contributed by atoms with Gasteiger partial charge in [0.15, 0.2) is 5.75 Å². The molecule has 0 aliphatic heterocycles. The van der Waals surface area contributed by atoms with Gasteiger partial charge in [0.2, 0.25) is 0 Å². The summed E-state index contributed by atoms with van der Waals surface area (Å²) in [4.78, 5) is 24.6. The smallest absolute Gasteiger partial charge is 0.308 e. The van der Waals surface area contributed by atoms with E-state index in [0.29, 0.717) is 43.7 Å². The first-order valence-corrected chi connectivity index (χ1v) is 8.46. The molecule has 0 fully saturated rings. The van der Waals surface area contributed by atoms with Crippen LogP contribution in [0.1, 0.15) is 23.0 Å². The van der Waals surface area contributed by atoms with Crippen LogP contribution in [0.5, 0.6) is 11.5 Å². The molecule has 0 radical (unpaired) electrons. The Kier molecular flexibility index (Phi) is 4.94. The number of rotatable bonds is 3. The minimum atomic E-state index is -0.486. The zero-order valence-electron chi connectivity index (χ0n) is 14.3. The molecule has 0 bridgehead atoms. The first-order chi connectivity index (χ1) is 12.3. The Hall–Kier alpha value is -2.50. The fourth-order valence-corrected chi connectivity index (χ4v) is 3.16. The van der Waals surface area contributed by atoms with Gasteiger partial charge in [-0.05, 0) is 43.3 Å². The predicted octanol–water partition coefficient (Wildman–Crippen LogP) is 4.88. The van der Waals surface area contributed by atoms with Gasteiger partial charge in [0.1, 0.15) is 5.75 Å². The van der Waals surface area contributed by atoms with E-state index in [9.17, 15) is 9.59 Å². The van der Waals surface area contributed by atoms with Crippen molar-refractivity contribution in [2.24, 2.45) is 0 Å². The van der Waals surface area contributed by atoms with Crippen molar-refractivity contribution in [3.63, 3.8) is 0 Å². The number of methoxy groups -OCH3 is 1. The van der Waals surface area contributed by atoms with Crippen LogP contribution in [0.3, 0.4) is 0 Å². The third-order valence-corrected chi connectivity index (χ3v) is 4.51. The number of carbonyl (C=O) groups excluding carboxylic acids is 2. The number of hydrogen-bond donors (Lipinski definition) is 0. The van der Waals surface area contributed by atoms with Gasteiger partial charge < -0.3 is 9.47 Å². The standard InChI is InChI=1S/C19H15Cl2NO4/c1-10-18(26-11(2)23)14-8-17(25-3)15(21)9-16(14)22(10)19(24)12-4-6-13(20)7-5-12/h4-9H,1-3H3. The van der Waals surface area contributed by atoms with Gasteiger partial charge >= 0.3 is 5.97 Å². The molecule has 0 amide bonds. The molecule has 0 saturated heterocycles. The number of nitrogens with zero attached hydrogens (tertiary/aromatic N) is 1. The number of fused-ring (bicyclic) bond motifs is 1. The first-order valence-electron chi connectivity index (χ1n) is 7.70. The molecule has 0 aliphatic rings. The maximum absolute atomic E-state index is 13.1. The lowest BCUT2D eigenvalue weighted by molar-refractivity contribution is -0.131. The van der Waals surface area contributed by atoms with E-state index in [0.717, 1.165) is 0 Å². The van der Waals surface area contributed by atoms with Gasteiger partial charge in [-0.2, -0.15) is 0 Å². The van der Waals surface area contributed by atoms with E-state index in [1.807, 2.05) is 0 Å².